The molecule has 4 rings (SSSR count). The van der Waals surface area contributed by atoms with Crippen molar-refractivity contribution in [1.29, 1.82) is 0 Å². The first-order valence-corrected chi connectivity index (χ1v) is 9.08. The average Bonchev–Trinajstić information content (AvgIpc) is 2.92. The lowest BCUT2D eigenvalue weighted by atomic mass is 10.1. The maximum absolute atomic E-state index is 13.4. The molecule has 0 aromatic carbocycles. The second kappa shape index (κ2) is 6.64. The lowest BCUT2D eigenvalue weighted by Gasteiger charge is -2.29. The lowest BCUT2D eigenvalue weighted by Crippen LogP contribution is -2.35. The molecule has 4 heterocycles. The van der Waals surface area contributed by atoms with E-state index in [9.17, 15) is 9.18 Å². The van der Waals surface area contributed by atoms with Crippen LogP contribution in [0.25, 0.3) is 17.1 Å². The van der Waals surface area contributed by atoms with Gasteiger partial charge in [0.1, 0.15) is 22.3 Å². The van der Waals surface area contributed by atoms with Gasteiger partial charge in [0, 0.05) is 13.1 Å². The van der Waals surface area contributed by atoms with E-state index >= 15 is 0 Å². The van der Waals surface area contributed by atoms with E-state index in [1.807, 2.05) is 11.0 Å². The second-order valence-electron chi connectivity index (χ2n) is 5.82. The largest absolute Gasteiger partial charge is 0.354 e. The number of piperidine rings is 1. The molecule has 128 valence electrons. The Morgan fingerprint density at radius 2 is 2.12 bits per heavy atom. The maximum Gasteiger partial charge on any atom is 0.263 e. The molecule has 2 fully saturated rings. The predicted octanol–water partition coefficient (Wildman–Crippen LogP) is 2.45. The molecule has 0 saturated carbocycles. The number of nitrogens with one attached hydrogen (secondary N) is 1. The highest BCUT2D eigenvalue weighted by atomic mass is 32.2. The molecule has 2 saturated heterocycles. The van der Waals surface area contributed by atoms with E-state index < -0.39 is 6.17 Å². The number of thiocarbonyl (C=S) groups is 1. The van der Waals surface area contributed by atoms with Crippen LogP contribution in [0.3, 0.4) is 0 Å². The van der Waals surface area contributed by atoms with Crippen LogP contribution in [0.15, 0.2) is 23.4 Å². The van der Waals surface area contributed by atoms with Crippen LogP contribution in [-0.4, -0.2) is 44.4 Å². The minimum Gasteiger partial charge on any atom is -0.354 e. The highest BCUT2D eigenvalue weighted by Crippen LogP contribution is 2.28. The molecule has 2 aliphatic rings. The quantitative estimate of drug-likeness (QED) is 0.639. The minimum absolute atomic E-state index is 0.216. The highest BCUT2D eigenvalue weighted by Gasteiger charge is 2.23. The van der Waals surface area contributed by atoms with Gasteiger partial charge in [-0.05, 0) is 31.1 Å². The average molecular weight is 375 g/mol. The molecular weight excluding hydrogens is 361 g/mol. The third-order valence-corrected chi connectivity index (χ3v) is 5.29. The Labute approximate surface area is 152 Å². The number of rotatable bonds is 2. The van der Waals surface area contributed by atoms with E-state index in [1.165, 1.54) is 18.1 Å². The molecule has 0 radical (unpaired) electrons. The number of nitrogens with zero attached hydrogens (tertiary/aromatic N) is 4. The van der Waals surface area contributed by atoms with E-state index in [2.05, 4.69) is 20.3 Å². The van der Waals surface area contributed by atoms with Crippen LogP contribution in [0.4, 0.5) is 10.2 Å². The normalized spacial score (nSPS) is 20.5. The Balaban J connectivity index is 1.72. The summed E-state index contributed by atoms with van der Waals surface area (Å²) in [6.07, 6.45) is 3.42. The van der Waals surface area contributed by atoms with Crippen molar-refractivity contribution >= 4 is 57.1 Å². The van der Waals surface area contributed by atoms with Crippen LogP contribution in [0.1, 0.15) is 18.5 Å². The van der Waals surface area contributed by atoms with E-state index in [1.54, 1.807) is 12.1 Å². The summed E-state index contributed by atoms with van der Waals surface area (Å²) < 4.78 is 13.9. The number of carbonyl (C=O) groups is 1. The summed E-state index contributed by atoms with van der Waals surface area (Å²) in [5.41, 5.74) is 2.00. The Morgan fingerprint density at radius 1 is 1.32 bits per heavy atom. The number of thioether (sulfide) groups is 1. The van der Waals surface area contributed by atoms with Crippen LogP contribution in [0.2, 0.25) is 0 Å². The Bertz CT molecular complexity index is 895. The van der Waals surface area contributed by atoms with Crippen molar-refractivity contribution in [3.8, 4) is 0 Å². The van der Waals surface area contributed by atoms with Gasteiger partial charge in [0.05, 0.1) is 16.1 Å². The van der Waals surface area contributed by atoms with Crippen molar-refractivity contribution in [2.75, 3.05) is 18.0 Å². The maximum atomic E-state index is 13.4. The van der Waals surface area contributed by atoms with Gasteiger partial charge in [-0.1, -0.05) is 24.0 Å². The van der Waals surface area contributed by atoms with Crippen LogP contribution >= 0.6 is 24.0 Å². The molecule has 0 aliphatic carbocycles. The summed E-state index contributed by atoms with van der Waals surface area (Å²) in [6.45, 7) is 1.21. The first kappa shape index (κ1) is 16.3. The third kappa shape index (κ3) is 3.34. The van der Waals surface area contributed by atoms with Crippen LogP contribution in [0, 0.1) is 0 Å². The molecule has 0 bridgehead atoms. The van der Waals surface area contributed by atoms with Crippen LogP contribution in [0.5, 0.6) is 0 Å². The van der Waals surface area contributed by atoms with Crippen molar-refractivity contribution in [3.63, 3.8) is 0 Å². The monoisotopic (exact) mass is 375 g/mol. The summed E-state index contributed by atoms with van der Waals surface area (Å²) in [4.78, 5) is 27.6. The number of amides is 1. The molecule has 0 atom stereocenters. The van der Waals surface area contributed by atoms with Gasteiger partial charge in [-0.3, -0.25) is 4.79 Å². The molecule has 2 aromatic heterocycles. The molecular formula is C16H14FN5OS2. The van der Waals surface area contributed by atoms with Crippen LogP contribution < -0.4 is 10.2 Å². The van der Waals surface area contributed by atoms with E-state index in [4.69, 9.17) is 12.2 Å². The van der Waals surface area contributed by atoms with Crippen molar-refractivity contribution in [1.82, 2.24) is 20.3 Å². The summed E-state index contributed by atoms with van der Waals surface area (Å²) in [5.74, 6) is 0.489. The number of aromatic nitrogens is 3. The molecule has 25 heavy (non-hydrogen) atoms. The van der Waals surface area contributed by atoms with Gasteiger partial charge in [-0.15, -0.1) is 0 Å². The zero-order valence-corrected chi connectivity index (χ0v) is 14.7. The van der Waals surface area contributed by atoms with Gasteiger partial charge in [0.15, 0.2) is 5.82 Å². The lowest BCUT2D eigenvalue weighted by molar-refractivity contribution is -0.115. The van der Waals surface area contributed by atoms with Gasteiger partial charge < -0.3 is 10.2 Å². The van der Waals surface area contributed by atoms with Crippen molar-refractivity contribution in [2.24, 2.45) is 0 Å². The number of alkyl halides is 1. The SMILES string of the molecule is O=C1NC(=S)S/C1=C\c1ccc2ncnc(N3CCC(F)CC3)c2n1. The van der Waals surface area contributed by atoms with E-state index in [0.29, 0.717) is 57.7 Å². The minimum atomic E-state index is -0.751. The Morgan fingerprint density at radius 3 is 2.84 bits per heavy atom. The highest BCUT2D eigenvalue weighted by molar-refractivity contribution is 8.26. The van der Waals surface area contributed by atoms with Crippen LogP contribution in [-0.2, 0) is 4.79 Å². The number of hydrogen-bond acceptors (Lipinski definition) is 7. The van der Waals surface area contributed by atoms with Crippen molar-refractivity contribution < 1.29 is 9.18 Å². The summed E-state index contributed by atoms with van der Waals surface area (Å²) in [7, 11) is 0. The topological polar surface area (TPSA) is 71.0 Å². The fourth-order valence-corrected chi connectivity index (χ4v) is 3.90. The fourth-order valence-electron chi connectivity index (χ4n) is 2.87. The molecule has 6 nitrogen and oxygen atoms in total. The number of carbonyl (C=O) groups excluding carboxylic acids is 1. The van der Waals surface area contributed by atoms with Gasteiger partial charge in [-0.2, -0.15) is 0 Å². The molecule has 9 heteroatoms. The zero-order valence-electron chi connectivity index (χ0n) is 13.1. The van der Waals surface area contributed by atoms with E-state index in [-0.39, 0.29) is 5.91 Å². The first-order chi connectivity index (χ1) is 12.1. The Hall–Kier alpha value is -2.13. The van der Waals surface area contributed by atoms with Crippen molar-refractivity contribution in [3.05, 3.63) is 29.1 Å². The predicted molar refractivity (Wildman–Crippen MR) is 100.0 cm³/mol. The standard InChI is InChI=1S/C16H14FN5OS2/c17-9-3-5-22(6-4-9)14-13-11(18-8-19-14)2-1-10(20-13)7-12-15(23)21-16(24)25-12/h1-2,7-9H,3-6H2,(H,21,23,24)/b12-7-. The molecule has 1 N–H and O–H groups in total. The molecule has 1 amide bonds. The first-order valence-electron chi connectivity index (χ1n) is 7.86. The molecule has 0 unspecified atom stereocenters. The van der Waals surface area contributed by atoms with E-state index in [0.717, 1.165) is 0 Å². The summed E-state index contributed by atoms with van der Waals surface area (Å²) >= 11 is 6.21. The smallest absolute Gasteiger partial charge is 0.263 e. The fraction of sp³-hybridized carbons (Fsp3) is 0.312. The molecule has 0 spiro atoms. The number of hydrogen-bond donors (Lipinski definition) is 1. The second-order valence-corrected chi connectivity index (χ2v) is 7.53. The zero-order chi connectivity index (χ0) is 17.4. The molecule has 2 aliphatic heterocycles. The van der Waals surface area contributed by atoms with Gasteiger partial charge in [0.2, 0.25) is 0 Å². The number of halogens is 1. The number of fused-ring (bicyclic) bond motifs is 1. The van der Waals surface area contributed by atoms with Gasteiger partial charge in [0.25, 0.3) is 5.91 Å². The van der Waals surface area contributed by atoms with Gasteiger partial charge in [-0.25, -0.2) is 19.3 Å². The Kier molecular flexibility index (Phi) is 4.34. The van der Waals surface area contributed by atoms with Gasteiger partial charge >= 0.3 is 0 Å². The number of pyridine rings is 1. The third-order valence-electron chi connectivity index (χ3n) is 4.13. The summed E-state index contributed by atoms with van der Waals surface area (Å²) in [5, 5.41) is 2.58. The van der Waals surface area contributed by atoms with Crippen molar-refractivity contribution in [2.45, 2.75) is 19.0 Å². The summed E-state index contributed by atoms with van der Waals surface area (Å²) in [6, 6.07) is 3.65. The number of anilines is 1. The molecule has 2 aromatic rings.